The lowest BCUT2D eigenvalue weighted by atomic mass is 9.66. The van der Waals surface area contributed by atoms with Crippen LogP contribution in [0.25, 0.3) is 0 Å². The summed E-state index contributed by atoms with van der Waals surface area (Å²) in [5.41, 5.74) is -6.45. The zero-order valence-corrected chi connectivity index (χ0v) is 9.76. The Morgan fingerprint density at radius 2 is 0.762 bits per heavy atom. The van der Waals surface area contributed by atoms with E-state index in [9.17, 15) is 52.7 Å². The fourth-order valence-electron chi connectivity index (χ4n) is 2.43. The van der Waals surface area contributed by atoms with Crippen molar-refractivity contribution >= 4 is 11.8 Å². The Kier molecular flexibility index (Phi) is 2.84. The molecule has 0 saturated carbocycles. The van der Waals surface area contributed by atoms with Gasteiger partial charge in [0.05, 0.1) is 11.1 Å². The molecule has 13 heteroatoms. The van der Waals surface area contributed by atoms with Gasteiger partial charge in [0, 0.05) is 0 Å². The lowest BCUT2D eigenvalue weighted by Gasteiger charge is -2.41. The van der Waals surface area contributed by atoms with Crippen LogP contribution in [-0.4, -0.2) is 34.2 Å². The van der Waals surface area contributed by atoms with E-state index in [4.69, 9.17) is 0 Å². The topological polar surface area (TPSA) is 0 Å². The molecular formula is C8F12S. The van der Waals surface area contributed by atoms with Gasteiger partial charge < -0.3 is 0 Å². The van der Waals surface area contributed by atoms with Crippen LogP contribution in [0.1, 0.15) is 0 Å². The van der Waals surface area contributed by atoms with E-state index in [1.165, 1.54) is 0 Å². The van der Waals surface area contributed by atoms with Gasteiger partial charge in [-0.25, -0.2) is 0 Å². The summed E-state index contributed by atoms with van der Waals surface area (Å²) < 4.78 is 141. The van der Waals surface area contributed by atoms with Crippen LogP contribution >= 0.6 is 11.8 Å². The highest BCUT2D eigenvalue weighted by atomic mass is 32.2. The van der Waals surface area contributed by atoms with Crippen molar-refractivity contribution in [2.45, 2.75) is 34.2 Å². The smallest absolute Gasteiger partial charge is 0.169 e. The summed E-state index contributed by atoms with van der Waals surface area (Å²) in [7, 11) is 0. The molecule has 1 heterocycles. The first-order valence-electron chi connectivity index (χ1n) is 4.68. The fraction of sp³-hybridized carbons (Fsp3) is 0.750. The maximum atomic E-state index is 12.6. The standard InChI is InChI=1S/C8F12S/c9-5(10,11)1-2(6(12,13)14)4(8(18,19)20)3(1,21-4)7(15,16)17. The quantitative estimate of drug-likeness (QED) is 0.342. The third-order valence-electron chi connectivity index (χ3n) is 3.08. The van der Waals surface area contributed by atoms with Crippen molar-refractivity contribution in [3.8, 4) is 0 Å². The van der Waals surface area contributed by atoms with E-state index < -0.39 is 57.1 Å². The Balaban J connectivity index is 2.79. The Morgan fingerprint density at radius 1 is 0.524 bits per heavy atom. The number of fused-ring (bicyclic) bond motifs is 1. The number of alkyl halides is 12. The molecule has 0 amide bonds. The summed E-state index contributed by atoms with van der Waals surface area (Å²) in [5.74, 6) is 0. The van der Waals surface area contributed by atoms with Gasteiger partial charge in [-0.3, -0.25) is 0 Å². The second-order valence-corrected chi connectivity index (χ2v) is 5.63. The SMILES string of the molecule is FC(F)(F)C1=C(C(F)(F)F)C2(C(F)(F)F)SC12C(F)(F)F. The molecule has 0 N–H and O–H groups in total. The molecule has 2 aliphatic rings. The summed E-state index contributed by atoms with van der Waals surface area (Å²) in [6.45, 7) is 0. The average Bonchev–Trinajstić information content (AvgIpc) is 2.61. The van der Waals surface area contributed by atoms with E-state index in [0.717, 1.165) is 0 Å². The highest BCUT2D eigenvalue weighted by molar-refractivity contribution is 8.10. The Hall–Kier alpha value is -0.750. The van der Waals surface area contributed by atoms with Crippen molar-refractivity contribution in [3.05, 3.63) is 11.1 Å². The number of hydrogen-bond donors (Lipinski definition) is 0. The van der Waals surface area contributed by atoms with Gasteiger partial charge in [-0.1, -0.05) is 0 Å². The molecule has 0 radical (unpaired) electrons. The monoisotopic (exact) mass is 356 g/mol. The van der Waals surface area contributed by atoms with Gasteiger partial charge in [0.1, 0.15) is 0 Å². The molecule has 0 aromatic heterocycles. The van der Waals surface area contributed by atoms with Gasteiger partial charge in [-0.05, 0) is 0 Å². The van der Waals surface area contributed by atoms with E-state index in [1.807, 2.05) is 0 Å². The first kappa shape index (κ1) is 16.6. The molecule has 2 rings (SSSR count). The van der Waals surface area contributed by atoms with Crippen molar-refractivity contribution < 1.29 is 52.7 Å². The predicted octanol–water partition coefficient (Wildman–Crippen LogP) is 4.77. The summed E-state index contributed by atoms with van der Waals surface area (Å²) in [4.78, 5) is 0. The van der Waals surface area contributed by atoms with Gasteiger partial charge in [0.15, 0.2) is 9.49 Å². The van der Waals surface area contributed by atoms with Crippen LogP contribution in [0.2, 0.25) is 0 Å². The van der Waals surface area contributed by atoms with Crippen LogP contribution in [-0.2, 0) is 0 Å². The maximum Gasteiger partial charge on any atom is 0.414 e. The first-order valence-corrected chi connectivity index (χ1v) is 5.49. The van der Waals surface area contributed by atoms with Crippen LogP contribution in [0, 0.1) is 0 Å². The number of rotatable bonds is 0. The Bertz CT molecular complexity index is 469. The summed E-state index contributed by atoms with van der Waals surface area (Å²) >= 11 is -1.43. The van der Waals surface area contributed by atoms with Crippen LogP contribution in [0.3, 0.4) is 0 Å². The molecule has 0 aromatic rings. The van der Waals surface area contributed by atoms with Crippen molar-refractivity contribution in [1.29, 1.82) is 0 Å². The lowest BCUT2D eigenvalue weighted by molar-refractivity contribution is -0.233. The summed E-state index contributed by atoms with van der Waals surface area (Å²) in [6, 6.07) is 0. The summed E-state index contributed by atoms with van der Waals surface area (Å²) in [6.07, 6.45) is -24.6. The minimum Gasteiger partial charge on any atom is -0.169 e. The van der Waals surface area contributed by atoms with Crippen LogP contribution in [0.5, 0.6) is 0 Å². The Labute approximate surface area is 111 Å². The highest BCUT2D eigenvalue weighted by Crippen LogP contribution is 2.90. The largest absolute Gasteiger partial charge is 0.414 e. The van der Waals surface area contributed by atoms with Crippen molar-refractivity contribution in [2.75, 3.05) is 0 Å². The van der Waals surface area contributed by atoms with E-state index in [-0.39, 0.29) is 0 Å². The number of hydrogen-bond acceptors (Lipinski definition) is 1. The predicted molar refractivity (Wildman–Crippen MR) is 44.3 cm³/mol. The molecular weight excluding hydrogens is 356 g/mol. The van der Waals surface area contributed by atoms with Crippen molar-refractivity contribution in [3.63, 3.8) is 0 Å². The molecule has 2 unspecified atom stereocenters. The van der Waals surface area contributed by atoms with Gasteiger partial charge in [-0.2, -0.15) is 52.7 Å². The van der Waals surface area contributed by atoms with E-state index >= 15 is 0 Å². The highest BCUT2D eigenvalue weighted by Gasteiger charge is 3.03. The molecule has 0 bridgehead atoms. The Morgan fingerprint density at radius 3 is 0.905 bits per heavy atom. The van der Waals surface area contributed by atoms with Crippen LogP contribution in [0.4, 0.5) is 52.7 Å². The van der Waals surface area contributed by atoms with E-state index in [1.54, 1.807) is 0 Å². The van der Waals surface area contributed by atoms with E-state index in [2.05, 4.69) is 0 Å². The van der Waals surface area contributed by atoms with Gasteiger partial charge in [0.25, 0.3) is 0 Å². The normalized spacial score (nSPS) is 33.7. The molecule has 0 spiro atoms. The molecule has 2 atom stereocenters. The zero-order valence-electron chi connectivity index (χ0n) is 8.94. The van der Waals surface area contributed by atoms with Gasteiger partial charge >= 0.3 is 24.7 Å². The molecule has 0 nitrogen and oxygen atoms in total. The fourth-order valence-corrected chi connectivity index (χ4v) is 4.14. The number of thioether (sulfide) groups is 1. The molecule has 122 valence electrons. The second-order valence-electron chi connectivity index (χ2n) is 4.21. The van der Waals surface area contributed by atoms with Gasteiger partial charge in [0.2, 0.25) is 0 Å². The average molecular weight is 356 g/mol. The van der Waals surface area contributed by atoms with Crippen LogP contribution in [0.15, 0.2) is 11.1 Å². The first-order chi connectivity index (χ1) is 8.95. The van der Waals surface area contributed by atoms with Crippen molar-refractivity contribution in [2.24, 2.45) is 0 Å². The molecule has 1 fully saturated rings. The van der Waals surface area contributed by atoms with Crippen molar-refractivity contribution in [1.82, 2.24) is 0 Å². The van der Waals surface area contributed by atoms with Crippen LogP contribution < -0.4 is 0 Å². The zero-order chi connectivity index (χ0) is 16.9. The molecule has 1 aliphatic heterocycles. The summed E-state index contributed by atoms with van der Waals surface area (Å²) in [5, 5.41) is 0. The third-order valence-corrected chi connectivity index (χ3v) is 4.97. The third kappa shape index (κ3) is 1.69. The lowest BCUT2D eigenvalue weighted by Crippen LogP contribution is -2.62. The minimum absolute atomic E-state index is 1.43. The van der Waals surface area contributed by atoms with E-state index in [0.29, 0.717) is 0 Å². The molecule has 1 saturated heterocycles. The molecule has 1 aliphatic carbocycles. The number of halogens is 12. The minimum atomic E-state index is -6.18. The van der Waals surface area contributed by atoms with Gasteiger partial charge in [-0.15, -0.1) is 11.8 Å². The molecule has 0 aromatic carbocycles. The second kappa shape index (κ2) is 3.59. The maximum absolute atomic E-state index is 12.6. The molecule has 21 heavy (non-hydrogen) atoms.